The maximum Gasteiger partial charge on any atom is 0.332 e. The van der Waals surface area contributed by atoms with E-state index in [0.717, 1.165) is 36.3 Å². The Morgan fingerprint density at radius 3 is 2.68 bits per heavy atom. The Kier molecular flexibility index (Phi) is 5.29. The SMILES string of the molecule is CCn1c(=O)c2c(C)c(CN3CCNC3=O)sc2n(CC2CCCCO2)c1=O. The summed E-state index contributed by atoms with van der Waals surface area (Å²) in [6.07, 6.45) is 3.06. The molecule has 2 fully saturated rings. The van der Waals surface area contributed by atoms with Gasteiger partial charge in [-0.3, -0.25) is 13.9 Å². The van der Waals surface area contributed by atoms with Crippen LogP contribution in [0.5, 0.6) is 0 Å². The fourth-order valence-electron chi connectivity index (χ4n) is 4.02. The minimum atomic E-state index is -0.277. The lowest BCUT2D eigenvalue weighted by Gasteiger charge is -2.23. The smallest absolute Gasteiger partial charge is 0.332 e. The molecule has 0 spiro atoms. The molecule has 1 unspecified atom stereocenters. The lowest BCUT2D eigenvalue weighted by Crippen LogP contribution is -2.41. The predicted octanol–water partition coefficient (Wildman–Crippen LogP) is 1.65. The molecule has 0 bridgehead atoms. The molecule has 2 amide bonds. The van der Waals surface area contributed by atoms with Gasteiger partial charge in [-0.15, -0.1) is 11.3 Å². The molecule has 4 rings (SSSR count). The second-order valence-corrected chi connectivity index (χ2v) is 8.50. The number of rotatable bonds is 5. The van der Waals surface area contributed by atoms with Crippen LogP contribution in [0, 0.1) is 6.92 Å². The van der Waals surface area contributed by atoms with Crippen molar-refractivity contribution >= 4 is 27.6 Å². The van der Waals surface area contributed by atoms with E-state index in [1.54, 1.807) is 9.47 Å². The number of aryl methyl sites for hydroxylation is 1. The lowest BCUT2D eigenvalue weighted by molar-refractivity contribution is 0.00583. The Labute approximate surface area is 166 Å². The van der Waals surface area contributed by atoms with Gasteiger partial charge in [0, 0.05) is 31.1 Å². The van der Waals surface area contributed by atoms with Gasteiger partial charge in [-0.1, -0.05) is 0 Å². The molecule has 8 nitrogen and oxygen atoms in total. The second-order valence-electron chi connectivity index (χ2n) is 7.42. The van der Waals surface area contributed by atoms with E-state index in [9.17, 15) is 14.4 Å². The molecule has 2 saturated heterocycles. The van der Waals surface area contributed by atoms with E-state index in [0.29, 0.717) is 42.9 Å². The van der Waals surface area contributed by atoms with Gasteiger partial charge < -0.3 is 15.0 Å². The first-order valence-electron chi connectivity index (χ1n) is 9.91. The highest BCUT2D eigenvalue weighted by atomic mass is 32.1. The number of hydrogen-bond donors (Lipinski definition) is 1. The number of carbonyl (C=O) groups is 1. The third kappa shape index (κ3) is 3.26. The first kappa shape index (κ1) is 19.2. The molecule has 4 heterocycles. The van der Waals surface area contributed by atoms with Crippen molar-refractivity contribution in [1.82, 2.24) is 19.4 Å². The maximum absolute atomic E-state index is 13.0. The van der Waals surface area contributed by atoms with Crippen molar-refractivity contribution in [3.63, 3.8) is 0 Å². The van der Waals surface area contributed by atoms with Crippen LogP contribution in [0.1, 0.15) is 36.6 Å². The number of hydrogen-bond acceptors (Lipinski definition) is 5. The number of thiophene rings is 1. The summed E-state index contributed by atoms with van der Waals surface area (Å²) in [6.45, 7) is 6.97. The van der Waals surface area contributed by atoms with Gasteiger partial charge in [-0.2, -0.15) is 0 Å². The maximum atomic E-state index is 13.0. The highest BCUT2D eigenvalue weighted by Crippen LogP contribution is 2.30. The number of amides is 2. The van der Waals surface area contributed by atoms with Crippen LogP contribution in [-0.2, 0) is 24.4 Å². The van der Waals surface area contributed by atoms with Crippen molar-refractivity contribution in [3.8, 4) is 0 Å². The third-order valence-electron chi connectivity index (χ3n) is 5.65. The minimum absolute atomic E-state index is 0.00678. The summed E-state index contributed by atoms with van der Waals surface area (Å²) in [7, 11) is 0. The number of carbonyl (C=O) groups excluding carboxylic acids is 1. The van der Waals surface area contributed by atoms with Crippen molar-refractivity contribution < 1.29 is 9.53 Å². The van der Waals surface area contributed by atoms with Gasteiger partial charge in [0.25, 0.3) is 5.56 Å². The molecular formula is C19H26N4O4S. The van der Waals surface area contributed by atoms with Gasteiger partial charge in [0.1, 0.15) is 4.83 Å². The molecule has 9 heteroatoms. The first-order chi connectivity index (χ1) is 13.5. The number of fused-ring (bicyclic) bond motifs is 1. The van der Waals surface area contributed by atoms with Crippen molar-refractivity contribution in [3.05, 3.63) is 31.3 Å². The molecule has 1 atom stereocenters. The number of ether oxygens (including phenoxy) is 1. The monoisotopic (exact) mass is 406 g/mol. The van der Waals surface area contributed by atoms with Gasteiger partial charge >= 0.3 is 11.7 Å². The summed E-state index contributed by atoms with van der Waals surface area (Å²) in [5.74, 6) is 0. The van der Waals surface area contributed by atoms with Gasteiger partial charge in [0.15, 0.2) is 0 Å². The van der Waals surface area contributed by atoms with E-state index in [1.165, 1.54) is 15.9 Å². The zero-order valence-corrected chi connectivity index (χ0v) is 17.1. The van der Waals surface area contributed by atoms with Gasteiger partial charge in [-0.25, -0.2) is 9.59 Å². The van der Waals surface area contributed by atoms with Crippen molar-refractivity contribution in [2.75, 3.05) is 19.7 Å². The number of urea groups is 1. The van der Waals surface area contributed by atoms with E-state index in [4.69, 9.17) is 4.74 Å². The van der Waals surface area contributed by atoms with Crippen LogP contribution in [-0.4, -0.2) is 45.9 Å². The average Bonchev–Trinajstić information content (AvgIpc) is 3.24. The molecule has 152 valence electrons. The normalized spacial score (nSPS) is 20.1. The molecule has 28 heavy (non-hydrogen) atoms. The van der Waals surface area contributed by atoms with E-state index in [2.05, 4.69) is 5.32 Å². The topological polar surface area (TPSA) is 85.6 Å². The largest absolute Gasteiger partial charge is 0.376 e. The van der Waals surface area contributed by atoms with Crippen LogP contribution in [0.25, 0.3) is 10.2 Å². The van der Waals surface area contributed by atoms with E-state index in [-0.39, 0.29) is 23.4 Å². The van der Waals surface area contributed by atoms with Gasteiger partial charge in [0.2, 0.25) is 0 Å². The standard InChI is InChI=1S/C19H26N4O4S/c1-3-22-16(24)15-12(2)14(11-21-8-7-20-18(21)25)28-17(15)23(19(22)26)10-13-6-4-5-9-27-13/h13H,3-11H2,1-2H3,(H,20,25). The fraction of sp³-hybridized carbons (Fsp3) is 0.632. The molecule has 2 aromatic rings. The van der Waals surface area contributed by atoms with Crippen LogP contribution in [0.4, 0.5) is 4.79 Å². The molecule has 0 saturated carbocycles. The molecule has 0 aromatic carbocycles. The summed E-state index contributed by atoms with van der Waals surface area (Å²) in [4.78, 5) is 41.3. The Morgan fingerprint density at radius 2 is 2.04 bits per heavy atom. The quantitative estimate of drug-likeness (QED) is 0.818. The highest BCUT2D eigenvalue weighted by Gasteiger charge is 2.25. The van der Waals surface area contributed by atoms with Crippen LogP contribution in [0.3, 0.4) is 0 Å². The number of nitrogens with one attached hydrogen (secondary N) is 1. The molecule has 1 N–H and O–H groups in total. The second kappa shape index (κ2) is 7.71. The van der Waals surface area contributed by atoms with Gasteiger partial charge in [-0.05, 0) is 38.7 Å². The summed E-state index contributed by atoms with van der Waals surface area (Å²) in [5.41, 5.74) is 0.347. The summed E-state index contributed by atoms with van der Waals surface area (Å²) in [5, 5.41) is 3.40. The average molecular weight is 407 g/mol. The van der Waals surface area contributed by atoms with Crippen LogP contribution < -0.4 is 16.6 Å². The van der Waals surface area contributed by atoms with Crippen molar-refractivity contribution in [1.29, 1.82) is 0 Å². The lowest BCUT2D eigenvalue weighted by atomic mass is 10.1. The summed E-state index contributed by atoms with van der Waals surface area (Å²) >= 11 is 1.45. The minimum Gasteiger partial charge on any atom is -0.376 e. The summed E-state index contributed by atoms with van der Waals surface area (Å²) < 4.78 is 8.86. The zero-order valence-electron chi connectivity index (χ0n) is 16.3. The summed E-state index contributed by atoms with van der Waals surface area (Å²) in [6, 6.07) is -0.0872. The van der Waals surface area contributed by atoms with Crippen LogP contribution in [0.15, 0.2) is 9.59 Å². The molecule has 2 aliphatic rings. The third-order valence-corrected chi connectivity index (χ3v) is 6.95. The van der Waals surface area contributed by atoms with Crippen LogP contribution in [0.2, 0.25) is 0 Å². The van der Waals surface area contributed by atoms with Crippen molar-refractivity contribution in [2.45, 2.75) is 58.8 Å². The Bertz CT molecular complexity index is 1020. The van der Waals surface area contributed by atoms with Crippen LogP contribution >= 0.6 is 11.3 Å². The molecule has 2 aromatic heterocycles. The first-order valence-corrected chi connectivity index (χ1v) is 10.7. The highest BCUT2D eigenvalue weighted by molar-refractivity contribution is 7.18. The molecule has 2 aliphatic heterocycles. The number of nitrogens with zero attached hydrogens (tertiary/aromatic N) is 3. The Hall–Kier alpha value is -2.13. The van der Waals surface area contributed by atoms with E-state index in [1.807, 2.05) is 13.8 Å². The van der Waals surface area contributed by atoms with E-state index < -0.39 is 0 Å². The molecule has 0 radical (unpaired) electrons. The zero-order chi connectivity index (χ0) is 19.8. The molecule has 0 aliphatic carbocycles. The number of aromatic nitrogens is 2. The fourth-order valence-corrected chi connectivity index (χ4v) is 5.34. The van der Waals surface area contributed by atoms with Gasteiger partial charge in [0.05, 0.1) is 24.6 Å². The van der Waals surface area contributed by atoms with E-state index >= 15 is 0 Å². The Morgan fingerprint density at radius 1 is 1.21 bits per heavy atom. The predicted molar refractivity (Wildman–Crippen MR) is 108 cm³/mol. The van der Waals surface area contributed by atoms with Crippen molar-refractivity contribution in [2.24, 2.45) is 0 Å². The molecular weight excluding hydrogens is 380 g/mol. The Balaban J connectivity index is 1.82.